The number of nitrogens with one attached hydrogen (secondary N) is 1. The zero-order chi connectivity index (χ0) is 26.6. The van der Waals surface area contributed by atoms with Crippen molar-refractivity contribution in [1.29, 1.82) is 0 Å². The summed E-state index contributed by atoms with van der Waals surface area (Å²) in [6, 6.07) is 12.8. The first kappa shape index (κ1) is 25.8. The number of carbonyl (C=O) groups is 1. The van der Waals surface area contributed by atoms with Gasteiger partial charge in [-0.3, -0.25) is 14.1 Å². The molecule has 0 saturated carbocycles. The summed E-state index contributed by atoms with van der Waals surface area (Å²) in [5.41, 5.74) is 7.41. The number of ether oxygens (including phenoxy) is 1. The Morgan fingerprint density at radius 3 is 2.46 bits per heavy atom. The second kappa shape index (κ2) is 10.7. The first-order valence-electron chi connectivity index (χ1n) is 11.6. The van der Waals surface area contributed by atoms with E-state index in [2.05, 4.69) is 19.9 Å². The van der Waals surface area contributed by atoms with Crippen LogP contribution in [0.2, 0.25) is 0 Å². The van der Waals surface area contributed by atoms with Crippen molar-refractivity contribution >= 4 is 38.8 Å². The molecule has 2 heterocycles. The summed E-state index contributed by atoms with van der Waals surface area (Å²) in [6.07, 6.45) is 2.22. The Morgan fingerprint density at radius 1 is 1.08 bits per heavy atom. The first-order chi connectivity index (χ1) is 17.7. The van der Waals surface area contributed by atoms with Crippen LogP contribution in [-0.2, 0) is 21.2 Å². The standard InChI is InChI=1S/C25H26N6O5S/c1-3-36-24(33)17-8-10-19(11-9-17)31(37(34,35)20-12-6-16(2)7-13-20)14-4-5-18-15-27-22-21(28-18)23(32)30-25(26)29-22/h6-13,15H,3-5,14H2,1-2H3,(H3,26,27,29,30,32). The molecule has 2 aromatic carbocycles. The topological polar surface area (TPSA) is 161 Å². The number of benzene rings is 2. The van der Waals surface area contributed by atoms with Crippen LogP contribution in [0, 0.1) is 6.92 Å². The van der Waals surface area contributed by atoms with Crippen LogP contribution >= 0.6 is 0 Å². The maximum absolute atomic E-state index is 13.6. The van der Waals surface area contributed by atoms with Gasteiger partial charge in [0.2, 0.25) is 5.95 Å². The van der Waals surface area contributed by atoms with Crippen LogP contribution in [0.5, 0.6) is 0 Å². The lowest BCUT2D eigenvalue weighted by atomic mass is 10.2. The van der Waals surface area contributed by atoms with Gasteiger partial charge in [-0.25, -0.2) is 23.2 Å². The van der Waals surface area contributed by atoms with E-state index in [1.165, 1.54) is 22.6 Å². The number of rotatable bonds is 9. The van der Waals surface area contributed by atoms with Crippen molar-refractivity contribution in [3.05, 3.63) is 81.9 Å². The normalized spacial score (nSPS) is 11.4. The molecule has 0 aliphatic carbocycles. The van der Waals surface area contributed by atoms with Gasteiger partial charge >= 0.3 is 5.97 Å². The molecule has 12 heteroatoms. The van der Waals surface area contributed by atoms with Gasteiger partial charge in [0.15, 0.2) is 11.2 Å². The quantitative estimate of drug-likeness (QED) is 0.315. The highest BCUT2D eigenvalue weighted by Crippen LogP contribution is 2.25. The fourth-order valence-electron chi connectivity index (χ4n) is 3.70. The lowest BCUT2D eigenvalue weighted by Gasteiger charge is -2.25. The van der Waals surface area contributed by atoms with Crippen molar-refractivity contribution < 1.29 is 17.9 Å². The summed E-state index contributed by atoms with van der Waals surface area (Å²) >= 11 is 0. The predicted octanol–water partition coefficient (Wildman–Crippen LogP) is 2.61. The molecule has 0 amide bonds. The van der Waals surface area contributed by atoms with Crippen molar-refractivity contribution in [2.24, 2.45) is 0 Å². The number of esters is 1. The van der Waals surface area contributed by atoms with Gasteiger partial charge in [0.1, 0.15) is 0 Å². The molecule has 4 rings (SSSR count). The Kier molecular flexibility index (Phi) is 7.48. The van der Waals surface area contributed by atoms with Crippen molar-refractivity contribution in [3.8, 4) is 0 Å². The Morgan fingerprint density at radius 2 is 1.78 bits per heavy atom. The highest BCUT2D eigenvalue weighted by atomic mass is 32.2. The number of aryl methyl sites for hydroxylation is 2. The SMILES string of the molecule is CCOC(=O)c1ccc(N(CCCc2cnc3nc(N)[nH]c(=O)c3n2)S(=O)(=O)c2ccc(C)cc2)cc1. The summed E-state index contributed by atoms with van der Waals surface area (Å²) in [5.74, 6) is -0.534. The van der Waals surface area contributed by atoms with E-state index in [0.29, 0.717) is 29.8 Å². The van der Waals surface area contributed by atoms with Crippen molar-refractivity contribution in [2.45, 2.75) is 31.6 Å². The smallest absolute Gasteiger partial charge is 0.338 e. The molecule has 37 heavy (non-hydrogen) atoms. The van der Waals surface area contributed by atoms with Gasteiger partial charge in [0.25, 0.3) is 15.6 Å². The number of anilines is 2. The van der Waals surface area contributed by atoms with E-state index in [9.17, 15) is 18.0 Å². The lowest BCUT2D eigenvalue weighted by Crippen LogP contribution is -2.32. The largest absolute Gasteiger partial charge is 0.462 e. The number of hydrogen-bond donors (Lipinski definition) is 2. The minimum absolute atomic E-state index is 0.0505. The third kappa shape index (κ3) is 5.75. The molecule has 0 saturated heterocycles. The molecule has 0 radical (unpaired) electrons. The summed E-state index contributed by atoms with van der Waals surface area (Å²) < 4.78 is 33.5. The third-order valence-electron chi connectivity index (χ3n) is 5.56. The summed E-state index contributed by atoms with van der Waals surface area (Å²) in [5, 5.41) is 0. The second-order valence-corrected chi connectivity index (χ2v) is 10.1. The van der Waals surface area contributed by atoms with Crippen molar-refractivity contribution in [1.82, 2.24) is 19.9 Å². The van der Waals surface area contributed by atoms with Gasteiger partial charge in [0, 0.05) is 6.54 Å². The average Bonchev–Trinajstić information content (AvgIpc) is 2.87. The monoisotopic (exact) mass is 522 g/mol. The fraction of sp³-hybridized carbons (Fsp3) is 0.240. The van der Waals surface area contributed by atoms with E-state index in [1.807, 2.05) is 6.92 Å². The summed E-state index contributed by atoms with van der Waals surface area (Å²) in [4.78, 5) is 39.2. The maximum atomic E-state index is 13.6. The van der Waals surface area contributed by atoms with E-state index >= 15 is 0 Å². The molecular weight excluding hydrogens is 496 g/mol. The van der Waals surface area contributed by atoms with Crippen LogP contribution in [0.4, 0.5) is 11.6 Å². The maximum Gasteiger partial charge on any atom is 0.338 e. The minimum Gasteiger partial charge on any atom is -0.462 e. The predicted molar refractivity (Wildman–Crippen MR) is 139 cm³/mol. The fourth-order valence-corrected chi connectivity index (χ4v) is 5.20. The lowest BCUT2D eigenvalue weighted by molar-refractivity contribution is 0.0526. The van der Waals surface area contributed by atoms with E-state index < -0.39 is 21.6 Å². The van der Waals surface area contributed by atoms with Crippen LogP contribution in [0.15, 0.2) is 64.4 Å². The molecule has 2 aromatic heterocycles. The number of aromatic nitrogens is 4. The molecule has 4 aromatic rings. The second-order valence-electron chi connectivity index (χ2n) is 8.25. The van der Waals surface area contributed by atoms with Gasteiger partial charge < -0.3 is 10.5 Å². The zero-order valence-electron chi connectivity index (χ0n) is 20.3. The van der Waals surface area contributed by atoms with E-state index in [4.69, 9.17) is 10.5 Å². The molecule has 0 aliphatic rings. The van der Waals surface area contributed by atoms with Crippen molar-refractivity contribution in [2.75, 3.05) is 23.2 Å². The molecule has 0 spiro atoms. The number of H-pyrrole nitrogens is 1. The Balaban J connectivity index is 1.60. The number of nitrogen functional groups attached to an aromatic ring is 1. The number of fused-ring (bicyclic) bond motifs is 1. The molecular formula is C25H26N6O5S. The minimum atomic E-state index is -3.91. The number of nitrogens with two attached hydrogens (primary N) is 1. The van der Waals surface area contributed by atoms with E-state index in [-0.39, 0.29) is 35.2 Å². The van der Waals surface area contributed by atoms with Crippen LogP contribution in [0.25, 0.3) is 11.2 Å². The van der Waals surface area contributed by atoms with Gasteiger partial charge in [-0.2, -0.15) is 4.98 Å². The number of aromatic amines is 1. The molecule has 0 aliphatic heterocycles. The van der Waals surface area contributed by atoms with E-state index in [0.717, 1.165) is 5.56 Å². The Labute approximate surface area is 213 Å². The van der Waals surface area contributed by atoms with Gasteiger partial charge in [-0.1, -0.05) is 17.7 Å². The number of sulfonamides is 1. The third-order valence-corrected chi connectivity index (χ3v) is 7.40. The highest BCUT2D eigenvalue weighted by molar-refractivity contribution is 7.92. The Hall–Kier alpha value is -4.32. The molecule has 0 bridgehead atoms. The molecule has 0 fully saturated rings. The van der Waals surface area contributed by atoms with Gasteiger partial charge in [-0.05, 0) is 63.1 Å². The van der Waals surface area contributed by atoms with Crippen LogP contribution < -0.4 is 15.6 Å². The Bertz CT molecular complexity index is 1590. The highest BCUT2D eigenvalue weighted by Gasteiger charge is 2.25. The van der Waals surface area contributed by atoms with Gasteiger partial charge in [-0.15, -0.1) is 0 Å². The number of nitrogens with zero attached hydrogens (tertiary/aromatic N) is 4. The van der Waals surface area contributed by atoms with Crippen LogP contribution in [0.1, 0.15) is 35.0 Å². The molecule has 192 valence electrons. The summed E-state index contributed by atoms with van der Waals surface area (Å²) in [7, 11) is -3.91. The van der Waals surface area contributed by atoms with Crippen molar-refractivity contribution in [3.63, 3.8) is 0 Å². The summed E-state index contributed by atoms with van der Waals surface area (Å²) in [6.45, 7) is 3.94. The average molecular weight is 523 g/mol. The molecule has 0 unspecified atom stereocenters. The molecule has 0 atom stereocenters. The zero-order valence-corrected chi connectivity index (χ0v) is 21.2. The van der Waals surface area contributed by atoms with Gasteiger partial charge in [0.05, 0.1) is 34.6 Å². The van der Waals surface area contributed by atoms with E-state index in [1.54, 1.807) is 43.3 Å². The van der Waals surface area contributed by atoms with Crippen LogP contribution in [0.3, 0.4) is 0 Å². The van der Waals surface area contributed by atoms with Crippen LogP contribution in [-0.4, -0.2) is 47.5 Å². The first-order valence-corrected chi connectivity index (χ1v) is 13.0. The number of carbonyl (C=O) groups excluding carboxylic acids is 1. The number of hydrogen-bond acceptors (Lipinski definition) is 9. The molecule has 3 N–H and O–H groups in total. The molecule has 11 nitrogen and oxygen atoms in total.